The molecule has 1 aromatic rings. The van der Waals surface area contributed by atoms with Gasteiger partial charge in [-0.05, 0) is 37.1 Å². The first-order chi connectivity index (χ1) is 9.56. The van der Waals surface area contributed by atoms with Gasteiger partial charge in [0.1, 0.15) is 6.04 Å². The standard InChI is InChI=1S/C15H19ClN2O2/c1-3-12(4-2)18-14(19)9-13(15(18)20)17-11-7-5-10(16)6-8-11/h5-8,12-13,17H,3-4,9H2,1-2H3. The van der Waals surface area contributed by atoms with Crippen molar-refractivity contribution in [3.8, 4) is 0 Å². The topological polar surface area (TPSA) is 49.4 Å². The van der Waals surface area contributed by atoms with Crippen molar-refractivity contribution in [2.24, 2.45) is 0 Å². The van der Waals surface area contributed by atoms with Gasteiger partial charge in [-0.2, -0.15) is 0 Å². The van der Waals surface area contributed by atoms with Gasteiger partial charge in [-0.3, -0.25) is 14.5 Å². The summed E-state index contributed by atoms with van der Waals surface area (Å²) in [7, 11) is 0. The van der Waals surface area contributed by atoms with Crippen molar-refractivity contribution in [3.63, 3.8) is 0 Å². The van der Waals surface area contributed by atoms with Crippen molar-refractivity contribution >= 4 is 29.1 Å². The van der Waals surface area contributed by atoms with Crippen LogP contribution in [0.25, 0.3) is 0 Å². The maximum absolute atomic E-state index is 12.4. The van der Waals surface area contributed by atoms with E-state index < -0.39 is 6.04 Å². The summed E-state index contributed by atoms with van der Waals surface area (Å²) in [6.07, 6.45) is 1.81. The maximum atomic E-state index is 12.4. The largest absolute Gasteiger partial charge is 0.373 e. The highest BCUT2D eigenvalue weighted by molar-refractivity contribution is 6.30. The van der Waals surface area contributed by atoms with Crippen LogP contribution in [0.4, 0.5) is 5.69 Å². The molecule has 1 atom stereocenters. The average Bonchev–Trinajstić information content (AvgIpc) is 2.71. The predicted molar refractivity (Wildman–Crippen MR) is 79.7 cm³/mol. The number of nitrogens with one attached hydrogen (secondary N) is 1. The molecule has 1 saturated heterocycles. The van der Waals surface area contributed by atoms with E-state index in [-0.39, 0.29) is 24.3 Å². The lowest BCUT2D eigenvalue weighted by molar-refractivity contribution is -0.141. The Morgan fingerprint density at radius 3 is 2.40 bits per heavy atom. The van der Waals surface area contributed by atoms with Gasteiger partial charge in [-0.1, -0.05) is 25.4 Å². The van der Waals surface area contributed by atoms with E-state index in [2.05, 4.69) is 5.32 Å². The van der Waals surface area contributed by atoms with Gasteiger partial charge in [0.2, 0.25) is 5.91 Å². The fourth-order valence-corrected chi connectivity index (χ4v) is 2.67. The van der Waals surface area contributed by atoms with Crippen molar-refractivity contribution in [2.75, 3.05) is 5.32 Å². The molecule has 5 heteroatoms. The quantitative estimate of drug-likeness (QED) is 0.849. The van der Waals surface area contributed by atoms with Crippen molar-refractivity contribution < 1.29 is 9.59 Å². The molecule has 108 valence electrons. The van der Waals surface area contributed by atoms with Crippen LogP contribution in [0.15, 0.2) is 24.3 Å². The molecule has 1 aliphatic heterocycles. The van der Waals surface area contributed by atoms with Gasteiger partial charge < -0.3 is 5.32 Å². The highest BCUT2D eigenvalue weighted by atomic mass is 35.5. The van der Waals surface area contributed by atoms with E-state index in [0.29, 0.717) is 5.02 Å². The molecule has 1 aromatic carbocycles. The van der Waals surface area contributed by atoms with Crippen LogP contribution in [-0.2, 0) is 9.59 Å². The van der Waals surface area contributed by atoms with Crippen LogP contribution in [0.2, 0.25) is 5.02 Å². The molecule has 0 spiro atoms. The predicted octanol–water partition coefficient (Wildman–Crippen LogP) is 3.07. The Morgan fingerprint density at radius 1 is 1.25 bits per heavy atom. The molecular formula is C15H19ClN2O2. The minimum Gasteiger partial charge on any atom is -0.373 e. The number of anilines is 1. The van der Waals surface area contributed by atoms with Crippen LogP contribution < -0.4 is 5.32 Å². The second-order valence-corrected chi connectivity index (χ2v) is 5.42. The minimum absolute atomic E-state index is 0.00650. The first-order valence-corrected chi connectivity index (χ1v) is 7.32. The van der Waals surface area contributed by atoms with E-state index in [4.69, 9.17) is 11.6 Å². The third-order valence-corrected chi connectivity index (χ3v) is 3.93. The number of amides is 2. The molecule has 2 rings (SSSR count). The SMILES string of the molecule is CCC(CC)N1C(=O)CC(Nc2ccc(Cl)cc2)C1=O. The first kappa shape index (κ1) is 14.9. The lowest BCUT2D eigenvalue weighted by Gasteiger charge is -2.24. The van der Waals surface area contributed by atoms with Crippen molar-refractivity contribution in [1.82, 2.24) is 4.90 Å². The molecule has 4 nitrogen and oxygen atoms in total. The van der Waals surface area contributed by atoms with Crippen LogP contribution in [-0.4, -0.2) is 28.8 Å². The molecule has 2 amide bonds. The molecule has 1 aliphatic rings. The molecule has 1 fully saturated rings. The van der Waals surface area contributed by atoms with Crippen LogP contribution >= 0.6 is 11.6 Å². The monoisotopic (exact) mass is 294 g/mol. The van der Waals surface area contributed by atoms with Gasteiger partial charge in [-0.15, -0.1) is 0 Å². The molecule has 0 aromatic heterocycles. The number of carbonyl (C=O) groups is 2. The zero-order valence-corrected chi connectivity index (χ0v) is 12.5. The van der Waals surface area contributed by atoms with Crippen molar-refractivity contribution in [2.45, 2.75) is 45.2 Å². The van der Waals surface area contributed by atoms with Crippen molar-refractivity contribution in [3.05, 3.63) is 29.3 Å². The summed E-state index contributed by atoms with van der Waals surface area (Å²) >= 11 is 5.83. The van der Waals surface area contributed by atoms with E-state index in [9.17, 15) is 9.59 Å². The van der Waals surface area contributed by atoms with Crippen LogP contribution in [0.3, 0.4) is 0 Å². The average molecular weight is 295 g/mol. The van der Waals surface area contributed by atoms with Gasteiger partial charge in [-0.25, -0.2) is 0 Å². The lowest BCUT2D eigenvalue weighted by atomic mass is 10.1. The van der Waals surface area contributed by atoms with Crippen LogP contribution in [0, 0.1) is 0 Å². The van der Waals surface area contributed by atoms with Gasteiger partial charge in [0.25, 0.3) is 5.91 Å². The Hall–Kier alpha value is -1.55. The number of benzene rings is 1. The summed E-state index contributed by atoms with van der Waals surface area (Å²) in [5, 5.41) is 3.75. The Kier molecular flexibility index (Phi) is 4.65. The zero-order valence-electron chi connectivity index (χ0n) is 11.7. The fourth-order valence-electron chi connectivity index (χ4n) is 2.55. The summed E-state index contributed by atoms with van der Waals surface area (Å²) in [4.78, 5) is 25.8. The Morgan fingerprint density at radius 2 is 1.85 bits per heavy atom. The summed E-state index contributed by atoms with van der Waals surface area (Å²) in [5.41, 5.74) is 0.798. The Labute approximate surface area is 124 Å². The molecule has 0 bridgehead atoms. The second kappa shape index (κ2) is 6.27. The summed E-state index contributed by atoms with van der Waals surface area (Å²) < 4.78 is 0. The molecule has 0 aliphatic carbocycles. The first-order valence-electron chi connectivity index (χ1n) is 6.94. The lowest BCUT2D eigenvalue weighted by Crippen LogP contribution is -2.41. The number of nitrogens with zero attached hydrogens (tertiary/aromatic N) is 1. The smallest absolute Gasteiger partial charge is 0.252 e. The fraction of sp³-hybridized carbons (Fsp3) is 0.467. The van der Waals surface area contributed by atoms with E-state index in [1.165, 1.54) is 4.90 Å². The number of hydrogen-bond donors (Lipinski definition) is 1. The normalized spacial score (nSPS) is 19.0. The summed E-state index contributed by atoms with van der Waals surface area (Å²) in [6, 6.07) is 6.66. The van der Waals surface area contributed by atoms with Gasteiger partial charge >= 0.3 is 0 Å². The number of imide groups is 1. The molecule has 0 radical (unpaired) electrons. The third-order valence-electron chi connectivity index (χ3n) is 3.68. The van der Waals surface area contributed by atoms with Crippen molar-refractivity contribution in [1.29, 1.82) is 0 Å². The molecule has 1 N–H and O–H groups in total. The van der Waals surface area contributed by atoms with E-state index in [1.54, 1.807) is 24.3 Å². The second-order valence-electron chi connectivity index (χ2n) is 4.98. The molecule has 1 unspecified atom stereocenters. The van der Waals surface area contributed by atoms with E-state index in [0.717, 1.165) is 18.5 Å². The third kappa shape index (κ3) is 2.96. The zero-order chi connectivity index (χ0) is 14.7. The Balaban J connectivity index is 2.09. The number of carbonyl (C=O) groups excluding carboxylic acids is 2. The highest BCUT2D eigenvalue weighted by Gasteiger charge is 2.41. The van der Waals surface area contributed by atoms with Gasteiger partial charge in [0.15, 0.2) is 0 Å². The maximum Gasteiger partial charge on any atom is 0.252 e. The molecule has 0 saturated carbocycles. The highest BCUT2D eigenvalue weighted by Crippen LogP contribution is 2.23. The van der Waals surface area contributed by atoms with E-state index in [1.807, 2.05) is 13.8 Å². The summed E-state index contributed by atoms with van der Waals surface area (Å²) in [6.45, 7) is 3.99. The number of halogens is 1. The van der Waals surface area contributed by atoms with Gasteiger partial charge in [0, 0.05) is 16.8 Å². The molecule has 20 heavy (non-hydrogen) atoms. The van der Waals surface area contributed by atoms with Gasteiger partial charge in [0.05, 0.1) is 6.42 Å². The molecule has 1 heterocycles. The number of hydrogen-bond acceptors (Lipinski definition) is 3. The minimum atomic E-state index is -0.468. The molecular weight excluding hydrogens is 276 g/mol. The Bertz CT molecular complexity index is 497. The van der Waals surface area contributed by atoms with E-state index >= 15 is 0 Å². The summed E-state index contributed by atoms with van der Waals surface area (Å²) in [5.74, 6) is -0.214. The number of rotatable bonds is 5. The number of likely N-dealkylation sites (tertiary alicyclic amines) is 1. The van der Waals surface area contributed by atoms with Crippen LogP contribution in [0.1, 0.15) is 33.1 Å². The van der Waals surface area contributed by atoms with Crippen LogP contribution in [0.5, 0.6) is 0 Å².